The zero-order valence-electron chi connectivity index (χ0n) is 6.96. The minimum absolute atomic E-state index is 0.00931. The summed E-state index contributed by atoms with van der Waals surface area (Å²) in [5.41, 5.74) is 7.20. The number of aryl methyl sites for hydroxylation is 1. The average molecular weight is 241 g/mol. The number of Topliss-reactive ketones (excluding diaryl/α,β-unsaturated/α-hetero) is 1. The van der Waals surface area contributed by atoms with Crippen LogP contribution in [0.15, 0.2) is 16.7 Å². The van der Waals surface area contributed by atoms with E-state index in [0.29, 0.717) is 12.0 Å². The van der Waals surface area contributed by atoms with Gasteiger partial charge in [0.05, 0.1) is 11.7 Å². The molecule has 1 unspecified atom stereocenters. The summed E-state index contributed by atoms with van der Waals surface area (Å²) in [6.45, 7) is 0. The Kier molecular flexibility index (Phi) is 2.17. The second-order valence-electron chi connectivity index (χ2n) is 3.16. The van der Waals surface area contributed by atoms with Gasteiger partial charge in [-0.2, -0.15) is 0 Å². The SMILES string of the molecule is NC1CCc2ncc(Br)cc2C1=O. The van der Waals surface area contributed by atoms with Crippen molar-refractivity contribution in [3.63, 3.8) is 0 Å². The Balaban J connectivity index is 2.51. The maximum Gasteiger partial charge on any atom is 0.181 e. The molecule has 1 aliphatic carbocycles. The molecule has 4 heteroatoms. The van der Waals surface area contributed by atoms with Gasteiger partial charge in [0.25, 0.3) is 0 Å². The van der Waals surface area contributed by atoms with E-state index in [2.05, 4.69) is 20.9 Å². The average Bonchev–Trinajstić information content (AvgIpc) is 2.12. The molecule has 1 atom stereocenters. The number of fused-ring (bicyclic) bond motifs is 1. The summed E-state index contributed by atoms with van der Waals surface area (Å²) in [7, 11) is 0. The van der Waals surface area contributed by atoms with E-state index in [0.717, 1.165) is 16.6 Å². The van der Waals surface area contributed by atoms with E-state index >= 15 is 0 Å². The van der Waals surface area contributed by atoms with Crippen molar-refractivity contribution in [2.24, 2.45) is 5.73 Å². The summed E-state index contributed by atoms with van der Waals surface area (Å²) in [5, 5.41) is 0. The lowest BCUT2D eigenvalue weighted by molar-refractivity contribution is 0.0947. The van der Waals surface area contributed by atoms with Gasteiger partial charge in [-0.05, 0) is 34.8 Å². The predicted octanol–water partition coefficient (Wildman–Crippen LogP) is 1.30. The van der Waals surface area contributed by atoms with Crippen molar-refractivity contribution in [3.8, 4) is 0 Å². The van der Waals surface area contributed by atoms with E-state index in [1.165, 1.54) is 0 Å². The lowest BCUT2D eigenvalue weighted by Crippen LogP contribution is -2.35. The highest BCUT2D eigenvalue weighted by Gasteiger charge is 2.25. The molecule has 0 saturated carbocycles. The predicted molar refractivity (Wildman–Crippen MR) is 52.6 cm³/mol. The first-order valence-electron chi connectivity index (χ1n) is 4.12. The second-order valence-corrected chi connectivity index (χ2v) is 4.07. The van der Waals surface area contributed by atoms with Crippen molar-refractivity contribution in [3.05, 3.63) is 28.0 Å². The maximum atomic E-state index is 11.6. The number of ketones is 1. The van der Waals surface area contributed by atoms with Crippen molar-refractivity contribution in [1.29, 1.82) is 0 Å². The number of carbonyl (C=O) groups excluding carboxylic acids is 1. The molecule has 1 aromatic heterocycles. The first-order chi connectivity index (χ1) is 6.18. The third-order valence-electron chi connectivity index (χ3n) is 2.23. The lowest BCUT2D eigenvalue weighted by atomic mass is 9.91. The van der Waals surface area contributed by atoms with Gasteiger partial charge in [-0.1, -0.05) is 0 Å². The van der Waals surface area contributed by atoms with Crippen molar-refractivity contribution in [1.82, 2.24) is 4.98 Å². The van der Waals surface area contributed by atoms with Gasteiger partial charge in [0.1, 0.15) is 0 Å². The minimum Gasteiger partial charge on any atom is -0.321 e. The zero-order chi connectivity index (χ0) is 9.42. The zero-order valence-corrected chi connectivity index (χ0v) is 8.54. The second kappa shape index (κ2) is 3.20. The van der Waals surface area contributed by atoms with E-state index < -0.39 is 0 Å². The van der Waals surface area contributed by atoms with Crippen LogP contribution in [0.3, 0.4) is 0 Å². The Bertz CT molecular complexity index is 365. The van der Waals surface area contributed by atoms with Crippen molar-refractivity contribution >= 4 is 21.7 Å². The normalized spacial score (nSPS) is 21.4. The standard InChI is InChI=1S/C9H9BrN2O/c10-5-3-6-8(12-4-5)2-1-7(11)9(6)13/h3-4,7H,1-2,11H2. The highest BCUT2D eigenvalue weighted by molar-refractivity contribution is 9.10. The van der Waals surface area contributed by atoms with Crippen LogP contribution in [-0.4, -0.2) is 16.8 Å². The number of hydrogen-bond donors (Lipinski definition) is 1. The summed E-state index contributed by atoms with van der Waals surface area (Å²) in [6.07, 6.45) is 3.22. The first-order valence-corrected chi connectivity index (χ1v) is 4.92. The van der Waals surface area contributed by atoms with Crippen LogP contribution in [0.1, 0.15) is 22.5 Å². The van der Waals surface area contributed by atoms with Crippen molar-refractivity contribution in [2.75, 3.05) is 0 Å². The highest BCUT2D eigenvalue weighted by atomic mass is 79.9. The molecule has 0 amide bonds. The van der Waals surface area contributed by atoms with E-state index in [1.807, 2.05) is 0 Å². The van der Waals surface area contributed by atoms with Crippen molar-refractivity contribution in [2.45, 2.75) is 18.9 Å². The van der Waals surface area contributed by atoms with Gasteiger partial charge < -0.3 is 5.73 Å². The largest absolute Gasteiger partial charge is 0.321 e. The molecule has 0 radical (unpaired) electrons. The van der Waals surface area contributed by atoms with Crippen LogP contribution < -0.4 is 5.73 Å². The van der Waals surface area contributed by atoms with Crippen LogP contribution in [0.2, 0.25) is 0 Å². The van der Waals surface area contributed by atoms with Crippen LogP contribution >= 0.6 is 15.9 Å². The number of nitrogens with zero attached hydrogens (tertiary/aromatic N) is 1. The lowest BCUT2D eigenvalue weighted by Gasteiger charge is -2.18. The fraction of sp³-hybridized carbons (Fsp3) is 0.333. The number of nitrogens with two attached hydrogens (primary N) is 1. The molecular formula is C9H9BrN2O. The number of aromatic nitrogens is 1. The van der Waals surface area contributed by atoms with E-state index in [4.69, 9.17) is 5.73 Å². The number of halogens is 1. The molecule has 1 aliphatic rings. The molecule has 0 fully saturated rings. The smallest absolute Gasteiger partial charge is 0.181 e. The third-order valence-corrected chi connectivity index (χ3v) is 2.66. The number of pyridine rings is 1. The van der Waals surface area contributed by atoms with Crippen LogP contribution in [0, 0.1) is 0 Å². The molecule has 0 saturated heterocycles. The van der Waals surface area contributed by atoms with Crippen LogP contribution in [0.25, 0.3) is 0 Å². The van der Waals surface area contributed by atoms with Gasteiger partial charge in [-0.15, -0.1) is 0 Å². The maximum absolute atomic E-state index is 11.6. The molecule has 0 spiro atoms. The molecule has 1 heterocycles. The van der Waals surface area contributed by atoms with Gasteiger partial charge in [0.15, 0.2) is 5.78 Å². The molecule has 1 aromatic rings. The van der Waals surface area contributed by atoms with E-state index in [-0.39, 0.29) is 11.8 Å². The topological polar surface area (TPSA) is 56.0 Å². The third kappa shape index (κ3) is 1.51. The monoisotopic (exact) mass is 240 g/mol. The van der Waals surface area contributed by atoms with Gasteiger partial charge in [-0.25, -0.2) is 0 Å². The summed E-state index contributed by atoms with van der Waals surface area (Å²) >= 11 is 3.28. The Morgan fingerprint density at radius 2 is 2.38 bits per heavy atom. The van der Waals surface area contributed by atoms with Gasteiger partial charge in [0.2, 0.25) is 0 Å². The minimum atomic E-state index is -0.344. The number of hydrogen-bond acceptors (Lipinski definition) is 3. The Morgan fingerprint density at radius 3 is 3.15 bits per heavy atom. The highest BCUT2D eigenvalue weighted by Crippen LogP contribution is 2.21. The first kappa shape index (κ1) is 8.84. The molecule has 0 aliphatic heterocycles. The van der Waals surface area contributed by atoms with Crippen LogP contribution in [0.4, 0.5) is 0 Å². The van der Waals surface area contributed by atoms with Gasteiger partial charge >= 0.3 is 0 Å². The Labute approximate surface area is 84.5 Å². The fourth-order valence-electron chi connectivity index (χ4n) is 1.50. The molecule has 13 heavy (non-hydrogen) atoms. The summed E-state index contributed by atoms with van der Waals surface area (Å²) in [4.78, 5) is 15.8. The molecule has 0 aromatic carbocycles. The van der Waals surface area contributed by atoms with Gasteiger partial charge in [0, 0.05) is 16.2 Å². The molecule has 68 valence electrons. The Morgan fingerprint density at radius 1 is 1.62 bits per heavy atom. The van der Waals surface area contributed by atoms with Gasteiger partial charge in [-0.3, -0.25) is 9.78 Å². The van der Waals surface area contributed by atoms with Crippen molar-refractivity contribution < 1.29 is 4.79 Å². The molecule has 2 N–H and O–H groups in total. The summed E-state index contributed by atoms with van der Waals surface area (Å²) in [6, 6.07) is 1.45. The number of rotatable bonds is 0. The molecular weight excluding hydrogens is 232 g/mol. The van der Waals surface area contributed by atoms with E-state index in [1.54, 1.807) is 12.3 Å². The summed E-state index contributed by atoms with van der Waals surface area (Å²) in [5.74, 6) is 0.00931. The summed E-state index contributed by atoms with van der Waals surface area (Å²) < 4.78 is 0.828. The quantitative estimate of drug-likeness (QED) is 0.744. The van der Waals surface area contributed by atoms with Crippen LogP contribution in [0.5, 0.6) is 0 Å². The molecule has 0 bridgehead atoms. The molecule has 2 rings (SSSR count). The number of carbonyl (C=O) groups is 1. The van der Waals surface area contributed by atoms with Crippen LogP contribution in [-0.2, 0) is 6.42 Å². The van der Waals surface area contributed by atoms with E-state index in [9.17, 15) is 4.79 Å². The Hall–Kier alpha value is -0.740. The fourth-order valence-corrected chi connectivity index (χ4v) is 1.83. The molecule has 3 nitrogen and oxygen atoms in total.